The van der Waals surface area contributed by atoms with Crippen molar-refractivity contribution >= 4 is 40.4 Å². The van der Waals surface area contributed by atoms with Crippen LogP contribution >= 0.6 is 11.3 Å². The summed E-state index contributed by atoms with van der Waals surface area (Å²) in [4.78, 5) is 38.8. The summed E-state index contributed by atoms with van der Waals surface area (Å²) in [7, 11) is 0. The number of amides is 3. The average Bonchev–Trinajstić information content (AvgIpc) is 3.52. The minimum atomic E-state index is -1.09. The molecule has 3 N–H and O–H groups in total. The average molecular weight is 439 g/mol. The summed E-state index contributed by atoms with van der Waals surface area (Å²) in [6, 6.07) is 14.0. The van der Waals surface area contributed by atoms with E-state index in [9.17, 15) is 19.5 Å². The summed E-state index contributed by atoms with van der Waals surface area (Å²) < 4.78 is 5.63. The monoisotopic (exact) mass is 439 g/mol. The molecule has 4 rings (SSSR count). The molecule has 1 fully saturated rings. The Labute approximate surface area is 182 Å². The van der Waals surface area contributed by atoms with Crippen LogP contribution in [0.25, 0.3) is 10.6 Å². The molecule has 0 saturated carbocycles. The quantitative estimate of drug-likeness (QED) is 0.512. The molecule has 1 atom stereocenters. The molecule has 3 amide bonds. The Morgan fingerprint density at radius 2 is 2.03 bits per heavy atom. The van der Waals surface area contributed by atoms with Crippen molar-refractivity contribution < 1.29 is 23.9 Å². The third-order valence-electron chi connectivity index (χ3n) is 4.87. The molecule has 2 aromatic heterocycles. The van der Waals surface area contributed by atoms with E-state index in [-0.39, 0.29) is 12.5 Å². The highest BCUT2D eigenvalue weighted by Crippen LogP contribution is 2.28. The predicted molar refractivity (Wildman–Crippen MR) is 117 cm³/mol. The van der Waals surface area contributed by atoms with Crippen LogP contribution in [0.1, 0.15) is 24.7 Å². The molecule has 0 radical (unpaired) electrons. The molecule has 8 nitrogen and oxygen atoms in total. The lowest BCUT2D eigenvalue weighted by Crippen LogP contribution is -2.37. The summed E-state index contributed by atoms with van der Waals surface area (Å²) in [5.74, 6) is -0.783. The Kier molecular flexibility index (Phi) is 6.15. The third kappa shape index (κ3) is 4.84. The smallest absolute Gasteiger partial charge is 0.313 e. The molecule has 0 bridgehead atoms. The fourth-order valence-corrected chi connectivity index (χ4v) is 4.00. The molecule has 3 aromatic rings. The van der Waals surface area contributed by atoms with Gasteiger partial charge in [0.05, 0.1) is 11.4 Å². The second-order valence-electron chi connectivity index (χ2n) is 7.06. The van der Waals surface area contributed by atoms with Crippen molar-refractivity contribution in [2.75, 3.05) is 23.3 Å². The van der Waals surface area contributed by atoms with Crippen LogP contribution in [-0.2, 0) is 14.4 Å². The van der Waals surface area contributed by atoms with E-state index in [1.54, 1.807) is 41.3 Å². The van der Waals surface area contributed by atoms with Crippen LogP contribution in [0, 0.1) is 0 Å². The normalized spacial score (nSPS) is 14.5. The van der Waals surface area contributed by atoms with Crippen molar-refractivity contribution in [3.05, 3.63) is 59.7 Å². The number of nitrogens with one attached hydrogen (secondary N) is 2. The van der Waals surface area contributed by atoms with Crippen LogP contribution in [0.2, 0.25) is 0 Å². The van der Waals surface area contributed by atoms with Crippen molar-refractivity contribution in [1.29, 1.82) is 0 Å². The number of rotatable bonds is 6. The number of carbonyl (C=O) groups is 3. The summed E-state index contributed by atoms with van der Waals surface area (Å²) in [5.41, 5.74) is 1.08. The zero-order valence-corrected chi connectivity index (χ0v) is 17.4. The summed E-state index contributed by atoms with van der Waals surface area (Å²) in [6.45, 7) is 0.460. The second kappa shape index (κ2) is 9.15. The molecule has 1 aliphatic rings. The van der Waals surface area contributed by atoms with Crippen molar-refractivity contribution in [3.8, 4) is 10.6 Å². The highest BCUT2D eigenvalue weighted by atomic mass is 32.1. The van der Waals surface area contributed by atoms with Gasteiger partial charge in [0.1, 0.15) is 17.6 Å². The zero-order valence-electron chi connectivity index (χ0n) is 16.5. The first-order valence-corrected chi connectivity index (χ1v) is 10.7. The fourth-order valence-electron chi connectivity index (χ4n) is 3.31. The first kappa shape index (κ1) is 20.8. The molecule has 1 aliphatic heterocycles. The summed E-state index contributed by atoms with van der Waals surface area (Å²) in [5, 5.41) is 17.1. The van der Waals surface area contributed by atoms with Crippen molar-refractivity contribution in [2.45, 2.75) is 18.9 Å². The maximum atomic E-state index is 12.2. The van der Waals surface area contributed by atoms with Gasteiger partial charge in [-0.3, -0.25) is 14.4 Å². The molecule has 3 heterocycles. The van der Waals surface area contributed by atoms with E-state index < -0.39 is 17.9 Å². The number of nitrogens with zero attached hydrogens (tertiary/aromatic N) is 1. The Bertz CT molecular complexity index is 1090. The summed E-state index contributed by atoms with van der Waals surface area (Å²) >= 11 is 1.51. The molecular formula is C22H21N3O5S. The highest BCUT2D eigenvalue weighted by molar-refractivity contribution is 7.13. The lowest BCUT2D eigenvalue weighted by Gasteiger charge is -2.16. The number of benzene rings is 1. The topological polar surface area (TPSA) is 112 Å². The minimum Gasteiger partial charge on any atom is -0.457 e. The van der Waals surface area contributed by atoms with E-state index in [2.05, 4.69) is 10.6 Å². The molecule has 31 heavy (non-hydrogen) atoms. The number of aliphatic hydroxyl groups excluding tert-OH is 1. The number of anilines is 2. The van der Waals surface area contributed by atoms with E-state index >= 15 is 0 Å². The number of carbonyl (C=O) groups excluding carboxylic acids is 3. The highest BCUT2D eigenvalue weighted by Gasteiger charge is 2.22. The number of aliphatic hydroxyl groups is 1. The van der Waals surface area contributed by atoms with Crippen LogP contribution in [0.15, 0.2) is 58.3 Å². The third-order valence-corrected chi connectivity index (χ3v) is 5.75. The van der Waals surface area contributed by atoms with E-state index in [0.717, 1.165) is 11.3 Å². The molecule has 0 spiro atoms. The number of hydrogen-bond acceptors (Lipinski definition) is 6. The number of hydrogen-bond donors (Lipinski definition) is 3. The van der Waals surface area contributed by atoms with Gasteiger partial charge < -0.3 is 25.1 Å². The molecule has 0 aliphatic carbocycles. The van der Waals surface area contributed by atoms with E-state index in [0.29, 0.717) is 35.9 Å². The van der Waals surface area contributed by atoms with Gasteiger partial charge in [0.25, 0.3) is 0 Å². The Balaban J connectivity index is 1.31. The summed E-state index contributed by atoms with van der Waals surface area (Å²) in [6.07, 6.45) is 0.214. The van der Waals surface area contributed by atoms with Gasteiger partial charge in [-0.2, -0.15) is 0 Å². The first-order valence-electron chi connectivity index (χ1n) is 9.82. The van der Waals surface area contributed by atoms with Gasteiger partial charge >= 0.3 is 11.8 Å². The van der Waals surface area contributed by atoms with Crippen molar-refractivity contribution in [2.24, 2.45) is 0 Å². The van der Waals surface area contributed by atoms with E-state index in [1.165, 1.54) is 11.3 Å². The molecule has 1 unspecified atom stereocenters. The van der Waals surface area contributed by atoms with Crippen LogP contribution in [0.5, 0.6) is 0 Å². The van der Waals surface area contributed by atoms with Crippen LogP contribution in [-0.4, -0.2) is 35.9 Å². The van der Waals surface area contributed by atoms with Gasteiger partial charge in [0.15, 0.2) is 0 Å². The van der Waals surface area contributed by atoms with Crippen molar-refractivity contribution in [3.63, 3.8) is 0 Å². The minimum absolute atomic E-state index is 0.0374. The molecule has 1 saturated heterocycles. The van der Waals surface area contributed by atoms with Gasteiger partial charge in [0.2, 0.25) is 5.91 Å². The SMILES string of the molecule is O=C(NCC(O)c1ccc(-c2cccs2)o1)C(=O)Nc1cccc(N2CCCC2=O)c1. The van der Waals surface area contributed by atoms with Gasteiger partial charge in [-0.15, -0.1) is 11.3 Å². The Hall–Kier alpha value is -3.43. The zero-order chi connectivity index (χ0) is 21.8. The predicted octanol–water partition coefficient (Wildman–Crippen LogP) is 2.92. The largest absolute Gasteiger partial charge is 0.457 e. The molecule has 9 heteroatoms. The van der Waals surface area contributed by atoms with Crippen molar-refractivity contribution in [1.82, 2.24) is 5.32 Å². The first-order chi connectivity index (χ1) is 15.0. The standard InChI is InChI=1S/C22H21N3O5S/c26-16(17-8-9-18(30-17)19-6-3-11-31-19)13-23-21(28)22(29)24-14-4-1-5-15(12-14)25-10-2-7-20(25)27/h1,3-6,8-9,11-12,16,26H,2,7,10,13H2,(H,23,28)(H,24,29). The number of thiophene rings is 1. The molecule has 1 aromatic carbocycles. The Morgan fingerprint density at radius 3 is 2.77 bits per heavy atom. The van der Waals surface area contributed by atoms with Gasteiger partial charge in [0, 0.05) is 24.3 Å². The van der Waals surface area contributed by atoms with Gasteiger partial charge in [-0.25, -0.2) is 0 Å². The van der Waals surface area contributed by atoms with Crippen LogP contribution < -0.4 is 15.5 Å². The number of furan rings is 1. The van der Waals surface area contributed by atoms with Gasteiger partial charge in [-0.1, -0.05) is 12.1 Å². The maximum absolute atomic E-state index is 12.2. The second-order valence-corrected chi connectivity index (χ2v) is 8.01. The molecular weight excluding hydrogens is 418 g/mol. The van der Waals surface area contributed by atoms with Gasteiger partial charge in [-0.05, 0) is 48.2 Å². The Morgan fingerprint density at radius 1 is 1.16 bits per heavy atom. The lowest BCUT2D eigenvalue weighted by atomic mass is 10.2. The van der Waals surface area contributed by atoms with Crippen LogP contribution in [0.3, 0.4) is 0 Å². The maximum Gasteiger partial charge on any atom is 0.313 e. The van der Waals surface area contributed by atoms with E-state index in [1.807, 2.05) is 17.5 Å². The fraction of sp³-hybridized carbons (Fsp3) is 0.227. The lowest BCUT2D eigenvalue weighted by molar-refractivity contribution is -0.136. The van der Waals surface area contributed by atoms with E-state index in [4.69, 9.17) is 4.42 Å². The van der Waals surface area contributed by atoms with Crippen LogP contribution in [0.4, 0.5) is 11.4 Å². The molecule has 160 valence electrons.